The van der Waals surface area contributed by atoms with Crippen molar-refractivity contribution < 1.29 is 26.0 Å². The Morgan fingerprint density at radius 2 is 1.90 bits per heavy atom. The van der Waals surface area contributed by atoms with Crippen LogP contribution in [0.2, 0.25) is 0 Å². The topological polar surface area (TPSA) is 88.6 Å². The summed E-state index contributed by atoms with van der Waals surface area (Å²) in [6, 6.07) is 8.80. The second-order valence-corrected chi connectivity index (χ2v) is 8.84. The number of benzene rings is 2. The monoisotopic (exact) mass is 439 g/mol. The van der Waals surface area contributed by atoms with Crippen LogP contribution in [-0.2, 0) is 16.2 Å². The van der Waals surface area contributed by atoms with Crippen LogP contribution in [0.25, 0.3) is 11.0 Å². The van der Waals surface area contributed by atoms with E-state index in [4.69, 9.17) is 10.2 Å². The molecule has 0 saturated carbocycles. The molecule has 4 rings (SSSR count). The molecule has 1 saturated heterocycles. The molecule has 0 amide bonds. The number of fused-ring (bicyclic) bond motifs is 1. The van der Waals surface area contributed by atoms with Crippen molar-refractivity contribution in [2.75, 3.05) is 16.2 Å². The lowest BCUT2D eigenvalue weighted by Crippen LogP contribution is -2.45. The molecule has 3 aromatic rings. The van der Waals surface area contributed by atoms with E-state index in [1.54, 1.807) is 12.1 Å². The van der Waals surface area contributed by atoms with E-state index in [1.165, 1.54) is 18.4 Å². The molecule has 1 unspecified atom stereocenters. The lowest BCUT2D eigenvalue weighted by atomic mass is 10.1. The van der Waals surface area contributed by atoms with E-state index < -0.39 is 26.7 Å². The predicted molar refractivity (Wildman–Crippen MR) is 108 cm³/mol. The maximum absolute atomic E-state index is 13.3. The highest BCUT2D eigenvalue weighted by Gasteiger charge is 2.37. The first-order valence-electron chi connectivity index (χ1n) is 9.39. The van der Waals surface area contributed by atoms with Gasteiger partial charge in [0.2, 0.25) is 0 Å². The van der Waals surface area contributed by atoms with Crippen LogP contribution in [0, 0.1) is 0 Å². The number of nitrogens with zero attached hydrogens (tertiary/aromatic N) is 1. The van der Waals surface area contributed by atoms with Gasteiger partial charge in [-0.3, -0.25) is 4.72 Å². The lowest BCUT2D eigenvalue weighted by molar-refractivity contribution is -0.139. The Bertz CT molecular complexity index is 1170. The quantitative estimate of drug-likeness (QED) is 0.624. The van der Waals surface area contributed by atoms with Crippen molar-refractivity contribution in [2.24, 2.45) is 5.73 Å². The first-order chi connectivity index (χ1) is 14.2. The fraction of sp³-hybridized carbons (Fsp3) is 0.300. The minimum Gasteiger partial charge on any atom is -0.462 e. The molecule has 160 valence electrons. The highest BCUT2D eigenvalue weighted by Crippen LogP contribution is 2.37. The number of hydrogen-bond acceptors (Lipinski definition) is 5. The van der Waals surface area contributed by atoms with E-state index in [-0.39, 0.29) is 11.9 Å². The van der Waals surface area contributed by atoms with Crippen molar-refractivity contribution in [3.63, 3.8) is 0 Å². The number of sulfonamides is 1. The van der Waals surface area contributed by atoms with E-state index >= 15 is 0 Å². The largest absolute Gasteiger partial charge is 0.462 e. The molecule has 0 spiro atoms. The first-order valence-corrected chi connectivity index (χ1v) is 10.9. The molecule has 0 radical (unpaired) electrons. The normalized spacial score (nSPS) is 18.0. The lowest BCUT2D eigenvalue weighted by Gasteiger charge is -2.35. The number of hydrogen-bond donors (Lipinski definition) is 2. The molecule has 1 atom stereocenters. The summed E-state index contributed by atoms with van der Waals surface area (Å²) >= 11 is 0. The summed E-state index contributed by atoms with van der Waals surface area (Å²) in [7, 11) is -4.49. The van der Waals surface area contributed by atoms with Gasteiger partial charge in [0.25, 0.3) is 10.0 Å². The van der Waals surface area contributed by atoms with Gasteiger partial charge in [-0.15, -0.1) is 0 Å². The molecular weight excluding hydrogens is 419 g/mol. The molecule has 1 aliphatic rings. The average molecular weight is 439 g/mol. The summed E-state index contributed by atoms with van der Waals surface area (Å²) in [5.41, 5.74) is 6.29. The Labute approximate surface area is 171 Å². The zero-order chi connectivity index (χ0) is 21.5. The second-order valence-electron chi connectivity index (χ2n) is 7.19. The number of rotatable bonds is 4. The summed E-state index contributed by atoms with van der Waals surface area (Å²) in [5.74, 6) is 0. The van der Waals surface area contributed by atoms with Crippen molar-refractivity contribution in [1.29, 1.82) is 0 Å². The van der Waals surface area contributed by atoms with Gasteiger partial charge < -0.3 is 15.1 Å². The van der Waals surface area contributed by atoms with Crippen LogP contribution in [0.1, 0.15) is 24.8 Å². The first kappa shape index (κ1) is 20.5. The van der Waals surface area contributed by atoms with Crippen molar-refractivity contribution >= 4 is 32.4 Å². The van der Waals surface area contributed by atoms with Gasteiger partial charge in [0, 0.05) is 11.9 Å². The number of furan rings is 1. The molecule has 0 aliphatic carbocycles. The van der Waals surface area contributed by atoms with E-state index in [0.717, 1.165) is 37.5 Å². The Morgan fingerprint density at radius 3 is 2.63 bits per heavy atom. The van der Waals surface area contributed by atoms with Crippen LogP contribution in [0.3, 0.4) is 0 Å². The summed E-state index contributed by atoms with van der Waals surface area (Å²) in [6.07, 6.45) is -0.904. The van der Waals surface area contributed by atoms with Gasteiger partial charge in [0.1, 0.15) is 0 Å². The number of alkyl halides is 3. The molecule has 1 aromatic heterocycles. The van der Waals surface area contributed by atoms with Crippen LogP contribution in [0.15, 0.2) is 58.0 Å². The zero-order valence-corrected chi connectivity index (χ0v) is 16.6. The third kappa shape index (κ3) is 3.84. The van der Waals surface area contributed by atoms with Gasteiger partial charge in [-0.2, -0.15) is 13.2 Å². The highest BCUT2D eigenvalue weighted by molar-refractivity contribution is 7.92. The summed E-state index contributed by atoms with van der Waals surface area (Å²) in [4.78, 5) is 1.09. The molecule has 1 fully saturated rings. The summed E-state index contributed by atoms with van der Waals surface area (Å²) in [5, 5.41) is 0.618. The molecule has 10 heteroatoms. The van der Waals surface area contributed by atoms with Crippen molar-refractivity contribution in [2.45, 2.75) is 36.5 Å². The number of halogens is 3. The smallest absolute Gasteiger partial charge is 0.417 e. The number of nitrogens with two attached hydrogens (primary N) is 1. The molecule has 6 nitrogen and oxygen atoms in total. The Hall–Kier alpha value is -2.72. The fourth-order valence-corrected chi connectivity index (χ4v) is 5.01. The van der Waals surface area contributed by atoms with Crippen molar-refractivity contribution in [3.05, 3.63) is 54.3 Å². The molecule has 1 aliphatic heterocycles. The van der Waals surface area contributed by atoms with Gasteiger partial charge >= 0.3 is 6.18 Å². The summed E-state index contributed by atoms with van der Waals surface area (Å²) < 4.78 is 73.4. The van der Waals surface area contributed by atoms with E-state index in [9.17, 15) is 21.6 Å². The van der Waals surface area contributed by atoms with Crippen LogP contribution in [-0.4, -0.2) is 21.1 Å². The SMILES string of the molecule is NC1CCCCN1c1cc(NS(=O)(=O)c2ccccc2C(F)(F)F)cc2ccoc12. The molecule has 3 N–H and O–H groups in total. The second kappa shape index (κ2) is 7.51. The maximum Gasteiger partial charge on any atom is 0.417 e. The minimum absolute atomic E-state index is 0.133. The van der Waals surface area contributed by atoms with Gasteiger partial charge in [0.05, 0.1) is 34.3 Å². The molecule has 2 heterocycles. The molecular formula is C20H20F3N3O3S. The maximum atomic E-state index is 13.3. The molecule has 0 bridgehead atoms. The van der Waals surface area contributed by atoms with Gasteiger partial charge in [-0.05, 0) is 49.6 Å². The van der Waals surface area contributed by atoms with E-state index in [1.807, 2.05) is 4.90 Å². The predicted octanol–water partition coefficient (Wildman–Crippen LogP) is 4.53. The molecule has 30 heavy (non-hydrogen) atoms. The number of piperidine rings is 1. The zero-order valence-electron chi connectivity index (χ0n) is 15.8. The number of nitrogens with one attached hydrogen (secondary N) is 1. The van der Waals surface area contributed by atoms with Gasteiger partial charge in [0.15, 0.2) is 5.58 Å². The van der Waals surface area contributed by atoms with Crippen LogP contribution >= 0.6 is 0 Å². The van der Waals surface area contributed by atoms with Crippen molar-refractivity contribution in [3.8, 4) is 0 Å². The van der Waals surface area contributed by atoms with Gasteiger partial charge in [-0.1, -0.05) is 12.1 Å². The average Bonchev–Trinajstić information content (AvgIpc) is 3.15. The van der Waals surface area contributed by atoms with Crippen LogP contribution in [0.4, 0.5) is 24.5 Å². The van der Waals surface area contributed by atoms with Gasteiger partial charge in [-0.25, -0.2) is 8.42 Å². The van der Waals surface area contributed by atoms with Crippen molar-refractivity contribution in [1.82, 2.24) is 0 Å². The summed E-state index contributed by atoms with van der Waals surface area (Å²) in [6.45, 7) is 0.671. The van der Waals surface area contributed by atoms with E-state index in [2.05, 4.69) is 4.72 Å². The third-order valence-electron chi connectivity index (χ3n) is 5.12. The standard InChI is InChI=1S/C20H20F3N3O3S/c21-20(22,23)15-5-1-2-6-17(15)30(27,28)25-14-11-13-8-10-29-19(13)16(12-14)26-9-4-3-7-18(26)24/h1-2,5-6,8,10-12,18,25H,3-4,7,9,24H2. The molecule has 2 aromatic carbocycles. The van der Waals surface area contributed by atoms with Crippen LogP contribution in [0.5, 0.6) is 0 Å². The minimum atomic E-state index is -4.80. The Morgan fingerprint density at radius 1 is 1.13 bits per heavy atom. The highest BCUT2D eigenvalue weighted by atomic mass is 32.2. The number of anilines is 2. The third-order valence-corrected chi connectivity index (χ3v) is 6.56. The van der Waals surface area contributed by atoms with Crippen LogP contribution < -0.4 is 15.4 Å². The van der Waals surface area contributed by atoms with E-state index in [0.29, 0.717) is 23.2 Å². The Balaban J connectivity index is 1.76. The fourth-order valence-electron chi connectivity index (χ4n) is 3.74. The Kier molecular flexibility index (Phi) is 5.15.